The summed E-state index contributed by atoms with van der Waals surface area (Å²) in [6.45, 7) is 1.57. The van der Waals surface area contributed by atoms with Gasteiger partial charge in [-0.2, -0.15) is 0 Å². The number of rotatable bonds is 6. The molecule has 7 rings (SSSR count). The summed E-state index contributed by atoms with van der Waals surface area (Å²) in [6, 6.07) is 6.17. The van der Waals surface area contributed by atoms with E-state index in [1.165, 1.54) is 19.3 Å². The summed E-state index contributed by atoms with van der Waals surface area (Å²) in [5, 5.41) is 0.861. The number of thiazole rings is 1. The zero-order chi connectivity index (χ0) is 21.0. The van der Waals surface area contributed by atoms with Gasteiger partial charge in [0.05, 0.1) is 22.0 Å². The van der Waals surface area contributed by atoms with Crippen molar-refractivity contribution in [2.75, 3.05) is 11.4 Å². The van der Waals surface area contributed by atoms with Crippen LogP contribution in [0.4, 0.5) is 5.13 Å². The summed E-state index contributed by atoms with van der Waals surface area (Å²) in [5.74, 6) is 2.62. The van der Waals surface area contributed by atoms with Crippen molar-refractivity contribution in [2.45, 2.75) is 51.5 Å². The second kappa shape index (κ2) is 8.73. The Kier molecular flexibility index (Phi) is 6.10. The Labute approximate surface area is 207 Å². The quantitative estimate of drug-likeness (QED) is 0.371. The molecule has 0 saturated heterocycles. The minimum atomic E-state index is -0.151. The van der Waals surface area contributed by atoms with Gasteiger partial charge in [-0.15, -0.1) is 12.4 Å². The first kappa shape index (κ1) is 22.4. The van der Waals surface area contributed by atoms with Gasteiger partial charge in [0.15, 0.2) is 5.13 Å². The smallest absolute Gasteiger partial charge is 0.235 e. The molecule has 2 aromatic heterocycles. The van der Waals surface area contributed by atoms with E-state index in [-0.39, 0.29) is 17.8 Å². The molecule has 0 spiro atoms. The van der Waals surface area contributed by atoms with Gasteiger partial charge in [0.2, 0.25) is 5.91 Å². The molecule has 1 amide bonds. The summed E-state index contributed by atoms with van der Waals surface area (Å²) in [4.78, 5) is 25.3. The lowest BCUT2D eigenvalue weighted by Crippen LogP contribution is -2.55. The number of anilines is 1. The number of aryl methyl sites for hydroxylation is 1. The van der Waals surface area contributed by atoms with Crippen molar-refractivity contribution in [1.82, 2.24) is 14.5 Å². The standard InChI is InChI=1S/C24H27BrN4OS.ClH/c25-19-2-3-20-21(11-19)31-23(27-20)29(6-1-5-28-7-4-26-15-28)22(30)24-12-16-8-17(13-24)10-18(9-16)14-24;/h2-4,7,11,15-18H,1,5-6,8-10,12-14H2;1H. The maximum atomic E-state index is 14.2. The maximum Gasteiger partial charge on any atom is 0.235 e. The van der Waals surface area contributed by atoms with Crippen LogP contribution >= 0.6 is 39.7 Å². The lowest BCUT2D eigenvalue weighted by Gasteiger charge is -2.56. The lowest BCUT2D eigenvalue weighted by atomic mass is 9.49. The van der Waals surface area contributed by atoms with Crippen molar-refractivity contribution in [3.05, 3.63) is 41.4 Å². The molecule has 0 N–H and O–H groups in total. The zero-order valence-corrected chi connectivity index (χ0v) is 21.2. The van der Waals surface area contributed by atoms with E-state index in [1.807, 2.05) is 35.8 Å². The molecule has 5 nitrogen and oxygen atoms in total. The molecule has 4 bridgehead atoms. The molecule has 0 radical (unpaired) electrons. The van der Waals surface area contributed by atoms with Crippen LogP contribution in [0.25, 0.3) is 10.2 Å². The first-order valence-electron chi connectivity index (χ1n) is 11.4. The fraction of sp³-hybridized carbons (Fsp3) is 0.542. The Bertz CT molecular complexity index is 1080. The van der Waals surface area contributed by atoms with Crippen LogP contribution in [0.5, 0.6) is 0 Å². The Morgan fingerprint density at radius 3 is 2.56 bits per heavy atom. The predicted octanol–water partition coefficient (Wildman–Crippen LogP) is 6.32. The number of amides is 1. The van der Waals surface area contributed by atoms with E-state index in [9.17, 15) is 4.79 Å². The average molecular weight is 536 g/mol. The molecule has 3 aromatic rings. The lowest BCUT2D eigenvalue weighted by molar-refractivity contribution is -0.143. The molecular weight excluding hydrogens is 508 g/mol. The minimum Gasteiger partial charge on any atom is -0.337 e. The van der Waals surface area contributed by atoms with E-state index in [0.717, 1.165) is 69.8 Å². The number of hydrogen-bond donors (Lipinski definition) is 0. The van der Waals surface area contributed by atoms with E-state index >= 15 is 0 Å². The topological polar surface area (TPSA) is 51.0 Å². The fourth-order valence-corrected chi connectivity index (χ4v) is 8.32. The Morgan fingerprint density at radius 1 is 1.19 bits per heavy atom. The SMILES string of the molecule is Cl.O=C(N(CCCn1ccnc1)c1nc2ccc(Br)cc2s1)C12CC3CC(CC(C3)C1)C2. The van der Waals surface area contributed by atoms with Gasteiger partial charge in [0, 0.05) is 30.0 Å². The van der Waals surface area contributed by atoms with Crippen LogP contribution in [0, 0.1) is 23.2 Å². The molecular formula is C24H28BrClN4OS. The molecule has 1 aromatic carbocycles. The third-order valence-electron chi connectivity index (χ3n) is 7.66. The predicted molar refractivity (Wildman–Crippen MR) is 134 cm³/mol. The molecule has 4 aliphatic rings. The van der Waals surface area contributed by atoms with Crippen molar-refractivity contribution in [1.29, 1.82) is 0 Å². The van der Waals surface area contributed by atoms with Crippen molar-refractivity contribution >= 4 is 60.9 Å². The number of benzene rings is 1. The summed E-state index contributed by atoms with van der Waals surface area (Å²) in [5.41, 5.74) is 0.823. The van der Waals surface area contributed by atoms with Crippen LogP contribution < -0.4 is 4.90 Å². The van der Waals surface area contributed by atoms with Crippen LogP contribution in [0.15, 0.2) is 41.4 Å². The molecule has 0 aliphatic heterocycles. The van der Waals surface area contributed by atoms with Gasteiger partial charge >= 0.3 is 0 Å². The van der Waals surface area contributed by atoms with Gasteiger partial charge in [-0.05, 0) is 80.9 Å². The summed E-state index contributed by atoms with van der Waals surface area (Å²) < 4.78 is 4.26. The highest BCUT2D eigenvalue weighted by atomic mass is 79.9. The van der Waals surface area contributed by atoms with Crippen LogP contribution in [0.2, 0.25) is 0 Å². The molecule has 4 saturated carbocycles. The highest BCUT2D eigenvalue weighted by Crippen LogP contribution is 2.60. The van der Waals surface area contributed by atoms with Gasteiger partial charge in [-0.1, -0.05) is 27.3 Å². The van der Waals surface area contributed by atoms with E-state index in [4.69, 9.17) is 4.98 Å². The number of fused-ring (bicyclic) bond motifs is 1. The number of aromatic nitrogens is 3. The number of imidazole rings is 1. The van der Waals surface area contributed by atoms with Crippen molar-refractivity contribution in [3.63, 3.8) is 0 Å². The third-order valence-corrected chi connectivity index (χ3v) is 9.20. The van der Waals surface area contributed by atoms with Gasteiger partial charge in [0.25, 0.3) is 0 Å². The molecule has 0 atom stereocenters. The van der Waals surface area contributed by atoms with E-state index in [2.05, 4.69) is 31.5 Å². The number of nitrogens with zero attached hydrogens (tertiary/aromatic N) is 4. The molecule has 170 valence electrons. The van der Waals surface area contributed by atoms with E-state index in [1.54, 1.807) is 11.3 Å². The Morgan fingerprint density at radius 2 is 1.91 bits per heavy atom. The average Bonchev–Trinajstić information content (AvgIpc) is 3.39. The number of carbonyl (C=O) groups excluding carboxylic acids is 1. The number of hydrogen-bond acceptors (Lipinski definition) is 4. The Hall–Kier alpha value is -1.44. The van der Waals surface area contributed by atoms with E-state index < -0.39 is 0 Å². The molecule has 4 aliphatic carbocycles. The molecule has 4 fully saturated rings. The van der Waals surface area contributed by atoms with Gasteiger partial charge in [0.1, 0.15) is 0 Å². The van der Waals surface area contributed by atoms with Crippen molar-refractivity contribution in [3.8, 4) is 0 Å². The number of carbonyl (C=O) groups is 1. The minimum absolute atomic E-state index is 0. The van der Waals surface area contributed by atoms with E-state index in [0.29, 0.717) is 12.5 Å². The largest absolute Gasteiger partial charge is 0.337 e. The molecule has 32 heavy (non-hydrogen) atoms. The highest BCUT2D eigenvalue weighted by molar-refractivity contribution is 9.10. The first-order chi connectivity index (χ1) is 15.1. The highest BCUT2D eigenvalue weighted by Gasteiger charge is 2.55. The van der Waals surface area contributed by atoms with Crippen LogP contribution in [-0.2, 0) is 11.3 Å². The van der Waals surface area contributed by atoms with Gasteiger partial charge < -0.3 is 4.57 Å². The fourth-order valence-electron chi connectivity index (χ4n) is 6.78. The van der Waals surface area contributed by atoms with Gasteiger partial charge in [-0.3, -0.25) is 9.69 Å². The molecule has 0 unspecified atom stereocenters. The van der Waals surface area contributed by atoms with Crippen molar-refractivity contribution in [2.24, 2.45) is 23.2 Å². The summed E-state index contributed by atoms with van der Waals surface area (Å²) in [7, 11) is 0. The van der Waals surface area contributed by atoms with Crippen LogP contribution in [0.3, 0.4) is 0 Å². The maximum absolute atomic E-state index is 14.2. The molecule has 2 heterocycles. The summed E-state index contributed by atoms with van der Waals surface area (Å²) in [6.07, 6.45) is 13.9. The monoisotopic (exact) mass is 534 g/mol. The Balaban J connectivity index is 0.00000216. The molecule has 8 heteroatoms. The normalized spacial score (nSPS) is 28.1. The van der Waals surface area contributed by atoms with Crippen molar-refractivity contribution < 1.29 is 4.79 Å². The van der Waals surface area contributed by atoms with Crippen LogP contribution in [-0.4, -0.2) is 27.0 Å². The first-order valence-corrected chi connectivity index (χ1v) is 13.0. The number of halogens is 2. The zero-order valence-electron chi connectivity index (χ0n) is 18.0. The third kappa shape index (κ3) is 4.01. The second-order valence-electron chi connectivity index (χ2n) is 9.92. The summed E-state index contributed by atoms with van der Waals surface area (Å²) >= 11 is 5.21. The second-order valence-corrected chi connectivity index (χ2v) is 11.8. The van der Waals surface area contributed by atoms with Gasteiger partial charge in [-0.25, -0.2) is 9.97 Å². The van der Waals surface area contributed by atoms with Crippen LogP contribution in [0.1, 0.15) is 44.9 Å².